The number of hydrogen-bond acceptors (Lipinski definition) is 4. The van der Waals surface area contributed by atoms with Crippen LogP contribution in [0, 0.1) is 5.92 Å². The largest absolute Gasteiger partial charge is 0.468 e. The van der Waals surface area contributed by atoms with E-state index in [1.807, 2.05) is 23.9 Å². The second kappa shape index (κ2) is 7.90. The fourth-order valence-electron chi connectivity index (χ4n) is 2.55. The van der Waals surface area contributed by atoms with Crippen molar-refractivity contribution in [2.75, 3.05) is 18.9 Å². The predicted octanol–water partition coefficient (Wildman–Crippen LogP) is 3.22. The smallest absolute Gasteiger partial charge is 0.223 e. The molecule has 1 aliphatic heterocycles. The van der Waals surface area contributed by atoms with Crippen molar-refractivity contribution < 1.29 is 13.9 Å². The first-order chi connectivity index (χ1) is 10.1. The quantitative estimate of drug-likeness (QED) is 0.786. The van der Waals surface area contributed by atoms with Gasteiger partial charge in [-0.1, -0.05) is 0 Å². The van der Waals surface area contributed by atoms with Gasteiger partial charge < -0.3 is 14.5 Å². The van der Waals surface area contributed by atoms with Gasteiger partial charge in [0.25, 0.3) is 0 Å². The first-order valence-corrected chi connectivity index (χ1v) is 8.74. The van der Waals surface area contributed by atoms with E-state index in [9.17, 15) is 4.79 Å². The maximum atomic E-state index is 12.1. The van der Waals surface area contributed by atoms with Crippen molar-refractivity contribution in [1.82, 2.24) is 5.32 Å². The van der Waals surface area contributed by atoms with E-state index in [4.69, 9.17) is 9.15 Å². The van der Waals surface area contributed by atoms with Crippen molar-refractivity contribution in [3.63, 3.8) is 0 Å². The van der Waals surface area contributed by atoms with Crippen molar-refractivity contribution in [2.45, 2.75) is 44.5 Å². The van der Waals surface area contributed by atoms with E-state index in [2.05, 4.69) is 19.2 Å². The highest BCUT2D eigenvalue weighted by molar-refractivity contribution is 7.98. The van der Waals surface area contributed by atoms with E-state index in [-0.39, 0.29) is 17.4 Å². The first kappa shape index (κ1) is 16.4. The molecule has 5 heteroatoms. The number of carbonyl (C=O) groups excluding carboxylic acids is 1. The zero-order valence-corrected chi connectivity index (χ0v) is 13.7. The SMILES string of the molecule is CC1(C)C[C@@H](C(=O)NCCCSCc2ccco2)CCO1. The fourth-order valence-corrected chi connectivity index (χ4v) is 3.41. The number of rotatable bonds is 7. The van der Waals surface area contributed by atoms with Crippen LogP contribution in [0.2, 0.25) is 0 Å². The third kappa shape index (κ3) is 5.75. The Morgan fingerprint density at radius 3 is 3.10 bits per heavy atom. The van der Waals surface area contributed by atoms with Crippen molar-refractivity contribution >= 4 is 17.7 Å². The molecule has 1 saturated heterocycles. The van der Waals surface area contributed by atoms with Gasteiger partial charge in [-0.15, -0.1) is 0 Å². The molecule has 1 N–H and O–H groups in total. The molecule has 1 aliphatic rings. The van der Waals surface area contributed by atoms with E-state index in [1.165, 1.54) is 0 Å². The molecular weight excluding hydrogens is 286 g/mol. The van der Waals surface area contributed by atoms with Gasteiger partial charge in [-0.2, -0.15) is 11.8 Å². The van der Waals surface area contributed by atoms with Crippen LogP contribution in [0.4, 0.5) is 0 Å². The molecule has 2 heterocycles. The van der Waals surface area contributed by atoms with Crippen LogP contribution < -0.4 is 5.32 Å². The van der Waals surface area contributed by atoms with Gasteiger partial charge in [0, 0.05) is 19.1 Å². The van der Waals surface area contributed by atoms with Gasteiger partial charge in [-0.05, 0) is 51.0 Å². The summed E-state index contributed by atoms with van der Waals surface area (Å²) in [6.07, 6.45) is 4.34. The average Bonchev–Trinajstić information content (AvgIpc) is 2.94. The van der Waals surface area contributed by atoms with Crippen molar-refractivity contribution in [2.24, 2.45) is 5.92 Å². The molecule has 1 fully saturated rings. The summed E-state index contributed by atoms with van der Waals surface area (Å²) in [6, 6.07) is 3.90. The molecule has 4 nitrogen and oxygen atoms in total. The van der Waals surface area contributed by atoms with E-state index in [1.54, 1.807) is 6.26 Å². The molecule has 1 aromatic heterocycles. The molecule has 0 bridgehead atoms. The molecule has 0 saturated carbocycles. The summed E-state index contributed by atoms with van der Waals surface area (Å²) in [5.74, 6) is 3.22. The van der Waals surface area contributed by atoms with E-state index < -0.39 is 0 Å². The predicted molar refractivity (Wildman–Crippen MR) is 85.3 cm³/mol. The van der Waals surface area contributed by atoms with Crippen molar-refractivity contribution in [3.05, 3.63) is 24.2 Å². The summed E-state index contributed by atoms with van der Waals surface area (Å²) >= 11 is 1.83. The van der Waals surface area contributed by atoms with Gasteiger partial charge >= 0.3 is 0 Å². The number of carbonyl (C=O) groups is 1. The lowest BCUT2D eigenvalue weighted by molar-refractivity contribution is -0.135. The van der Waals surface area contributed by atoms with Gasteiger partial charge in [0.2, 0.25) is 5.91 Å². The standard InChI is InChI=1S/C16H25NO3S/c1-16(2)11-13(6-9-20-16)15(18)17-7-4-10-21-12-14-5-3-8-19-14/h3,5,8,13H,4,6-7,9-12H2,1-2H3,(H,17,18)/t13-/m0/s1. The second-order valence-electron chi connectivity index (χ2n) is 6.07. The molecule has 0 aliphatic carbocycles. The molecular formula is C16H25NO3S. The minimum atomic E-state index is -0.168. The lowest BCUT2D eigenvalue weighted by Gasteiger charge is -2.34. The molecule has 118 valence electrons. The Morgan fingerprint density at radius 1 is 1.52 bits per heavy atom. The lowest BCUT2D eigenvalue weighted by Crippen LogP contribution is -2.41. The summed E-state index contributed by atoms with van der Waals surface area (Å²) in [7, 11) is 0. The van der Waals surface area contributed by atoms with Crippen LogP contribution in [0.15, 0.2) is 22.8 Å². The number of nitrogens with one attached hydrogen (secondary N) is 1. The van der Waals surface area contributed by atoms with Gasteiger partial charge in [0.05, 0.1) is 17.6 Å². The Kier molecular flexibility index (Phi) is 6.18. The monoisotopic (exact) mass is 311 g/mol. The maximum absolute atomic E-state index is 12.1. The number of furan rings is 1. The van der Waals surface area contributed by atoms with Crippen LogP contribution in [0.25, 0.3) is 0 Å². The zero-order chi connectivity index (χ0) is 15.1. The molecule has 0 unspecified atom stereocenters. The zero-order valence-electron chi connectivity index (χ0n) is 12.9. The summed E-state index contributed by atoms with van der Waals surface area (Å²) in [6.45, 7) is 5.54. The molecule has 1 atom stereocenters. The summed E-state index contributed by atoms with van der Waals surface area (Å²) < 4.78 is 10.9. The molecule has 0 aromatic carbocycles. The van der Waals surface area contributed by atoms with Gasteiger partial charge in [0.1, 0.15) is 5.76 Å². The Balaban J connectivity index is 1.55. The van der Waals surface area contributed by atoms with Gasteiger partial charge in [-0.25, -0.2) is 0 Å². The van der Waals surface area contributed by atoms with Crippen LogP contribution in [0.1, 0.15) is 38.9 Å². The molecule has 1 amide bonds. The van der Waals surface area contributed by atoms with Gasteiger partial charge in [0.15, 0.2) is 0 Å². The van der Waals surface area contributed by atoms with Crippen molar-refractivity contribution in [1.29, 1.82) is 0 Å². The highest BCUT2D eigenvalue weighted by Crippen LogP contribution is 2.28. The van der Waals surface area contributed by atoms with Crippen LogP contribution in [0.3, 0.4) is 0 Å². The number of hydrogen-bond donors (Lipinski definition) is 1. The Bertz CT molecular complexity index is 431. The Morgan fingerprint density at radius 2 is 2.38 bits per heavy atom. The number of ether oxygens (including phenoxy) is 1. The second-order valence-corrected chi connectivity index (χ2v) is 7.18. The fraction of sp³-hybridized carbons (Fsp3) is 0.688. The third-order valence-corrected chi connectivity index (χ3v) is 4.72. The summed E-state index contributed by atoms with van der Waals surface area (Å²) in [4.78, 5) is 12.1. The minimum Gasteiger partial charge on any atom is -0.468 e. The van der Waals surface area contributed by atoms with Crippen LogP contribution in [0.5, 0.6) is 0 Å². The van der Waals surface area contributed by atoms with Crippen LogP contribution >= 0.6 is 11.8 Å². The van der Waals surface area contributed by atoms with Gasteiger partial charge in [-0.3, -0.25) is 4.79 Å². The Hall–Kier alpha value is -0.940. The number of amides is 1. The molecule has 1 aromatic rings. The van der Waals surface area contributed by atoms with Crippen LogP contribution in [-0.4, -0.2) is 30.4 Å². The highest BCUT2D eigenvalue weighted by atomic mass is 32.2. The third-order valence-electron chi connectivity index (χ3n) is 3.66. The van der Waals surface area contributed by atoms with E-state index in [0.717, 1.165) is 43.1 Å². The van der Waals surface area contributed by atoms with Crippen molar-refractivity contribution in [3.8, 4) is 0 Å². The topological polar surface area (TPSA) is 51.5 Å². The normalized spacial score (nSPS) is 21.1. The molecule has 21 heavy (non-hydrogen) atoms. The van der Waals surface area contributed by atoms with E-state index >= 15 is 0 Å². The molecule has 0 radical (unpaired) electrons. The molecule has 2 rings (SSSR count). The van der Waals surface area contributed by atoms with E-state index in [0.29, 0.717) is 6.61 Å². The Labute approximate surface area is 131 Å². The summed E-state index contributed by atoms with van der Waals surface area (Å²) in [5, 5.41) is 3.05. The van der Waals surface area contributed by atoms with Crippen LogP contribution in [-0.2, 0) is 15.3 Å². The maximum Gasteiger partial charge on any atom is 0.223 e. The number of thioether (sulfide) groups is 1. The minimum absolute atomic E-state index is 0.101. The summed E-state index contributed by atoms with van der Waals surface area (Å²) in [5.41, 5.74) is -0.168. The average molecular weight is 311 g/mol. The lowest BCUT2D eigenvalue weighted by atomic mass is 9.88. The molecule has 0 spiro atoms. The highest BCUT2D eigenvalue weighted by Gasteiger charge is 2.32. The first-order valence-electron chi connectivity index (χ1n) is 7.59.